The maximum atomic E-state index is 11.7. The van der Waals surface area contributed by atoms with Gasteiger partial charge in [0.25, 0.3) is 5.91 Å². The number of carbonyl (C=O) groups is 1. The predicted molar refractivity (Wildman–Crippen MR) is 58.3 cm³/mol. The minimum atomic E-state index is -0.443. The molecule has 1 aromatic heterocycles. The van der Waals surface area contributed by atoms with Gasteiger partial charge in [-0.3, -0.25) is 9.89 Å². The normalized spacial score (nSPS) is 23.8. The fourth-order valence-electron chi connectivity index (χ4n) is 1.66. The van der Waals surface area contributed by atoms with Crippen LogP contribution in [0.1, 0.15) is 17.0 Å². The van der Waals surface area contributed by atoms with Gasteiger partial charge in [0.1, 0.15) is 5.60 Å². The van der Waals surface area contributed by atoms with E-state index in [9.17, 15) is 4.79 Å². The number of aromatic nitrogens is 3. The highest BCUT2D eigenvalue weighted by Gasteiger charge is 2.35. The van der Waals surface area contributed by atoms with E-state index in [1.807, 2.05) is 0 Å². The lowest BCUT2D eigenvalue weighted by atomic mass is 10.0. The van der Waals surface area contributed by atoms with Gasteiger partial charge in [0.05, 0.1) is 6.61 Å². The molecule has 2 heterocycles. The maximum Gasteiger partial charge on any atom is 0.288 e. The van der Waals surface area contributed by atoms with E-state index < -0.39 is 5.60 Å². The van der Waals surface area contributed by atoms with Crippen LogP contribution in [0, 0.1) is 0 Å². The first-order valence-electron chi connectivity index (χ1n) is 5.24. The van der Waals surface area contributed by atoms with Crippen LogP contribution < -0.4 is 11.1 Å². The number of aromatic amines is 1. The van der Waals surface area contributed by atoms with Crippen LogP contribution in [0.25, 0.3) is 0 Å². The Labute approximate surface area is 97.9 Å². The van der Waals surface area contributed by atoms with E-state index in [4.69, 9.17) is 15.2 Å². The number of anilines is 1. The van der Waals surface area contributed by atoms with Crippen LogP contribution in [0.15, 0.2) is 0 Å². The monoisotopic (exact) mass is 241 g/mol. The topological polar surface area (TPSA) is 115 Å². The average molecular weight is 241 g/mol. The summed E-state index contributed by atoms with van der Waals surface area (Å²) in [6.45, 7) is 1.48. The molecule has 8 heteroatoms. The molecule has 1 amide bonds. The third-order valence-electron chi connectivity index (χ3n) is 2.79. The molecule has 1 unspecified atom stereocenters. The van der Waals surface area contributed by atoms with Crippen LogP contribution in [0.4, 0.5) is 5.95 Å². The summed E-state index contributed by atoms with van der Waals surface area (Å²) in [5.41, 5.74) is 4.87. The first kappa shape index (κ1) is 11.8. The Morgan fingerprint density at radius 1 is 1.76 bits per heavy atom. The molecular weight excluding hydrogens is 226 g/mol. The fraction of sp³-hybridized carbons (Fsp3) is 0.667. The Bertz CT molecular complexity index is 399. The smallest absolute Gasteiger partial charge is 0.288 e. The van der Waals surface area contributed by atoms with E-state index in [2.05, 4.69) is 20.5 Å². The van der Waals surface area contributed by atoms with Crippen LogP contribution in [-0.2, 0) is 9.47 Å². The molecule has 0 radical (unpaired) electrons. The fourth-order valence-corrected chi connectivity index (χ4v) is 1.66. The highest BCUT2D eigenvalue weighted by molar-refractivity contribution is 5.90. The molecule has 0 saturated carbocycles. The molecule has 94 valence electrons. The summed E-state index contributed by atoms with van der Waals surface area (Å²) >= 11 is 0. The summed E-state index contributed by atoms with van der Waals surface area (Å²) in [6, 6.07) is 0. The molecule has 4 N–H and O–H groups in total. The lowest BCUT2D eigenvalue weighted by Crippen LogP contribution is -2.45. The molecular formula is C9H15N5O3. The van der Waals surface area contributed by atoms with Gasteiger partial charge in [-0.1, -0.05) is 0 Å². The van der Waals surface area contributed by atoms with Gasteiger partial charge in [0.2, 0.25) is 11.8 Å². The maximum absolute atomic E-state index is 11.7. The number of nitrogens with two attached hydrogens (primary N) is 1. The minimum absolute atomic E-state index is 0.0424. The molecule has 1 atom stereocenters. The van der Waals surface area contributed by atoms with Crippen LogP contribution >= 0.6 is 0 Å². The number of rotatable bonds is 4. The van der Waals surface area contributed by atoms with Crippen molar-refractivity contribution in [3.63, 3.8) is 0 Å². The van der Waals surface area contributed by atoms with Gasteiger partial charge >= 0.3 is 0 Å². The quantitative estimate of drug-likeness (QED) is 0.617. The lowest BCUT2D eigenvalue weighted by Gasteiger charge is -2.25. The molecule has 1 saturated heterocycles. The second kappa shape index (κ2) is 4.68. The Balaban J connectivity index is 1.91. The molecule has 1 aliphatic rings. The Kier molecular flexibility index (Phi) is 3.25. The molecule has 1 aliphatic heterocycles. The summed E-state index contributed by atoms with van der Waals surface area (Å²) in [4.78, 5) is 15.4. The number of amides is 1. The third-order valence-corrected chi connectivity index (χ3v) is 2.79. The zero-order valence-corrected chi connectivity index (χ0v) is 9.52. The molecule has 1 aromatic rings. The van der Waals surface area contributed by atoms with Crippen molar-refractivity contribution in [2.45, 2.75) is 12.0 Å². The summed E-state index contributed by atoms with van der Waals surface area (Å²) in [6.07, 6.45) is 0.752. The summed E-state index contributed by atoms with van der Waals surface area (Å²) in [5.74, 6) is -0.231. The molecule has 17 heavy (non-hydrogen) atoms. The third kappa shape index (κ3) is 2.53. The first-order chi connectivity index (χ1) is 8.15. The zero-order chi connectivity index (χ0) is 12.3. The number of hydrogen-bond donors (Lipinski definition) is 3. The van der Waals surface area contributed by atoms with Gasteiger partial charge in [0.15, 0.2) is 0 Å². The minimum Gasteiger partial charge on any atom is -0.378 e. The molecule has 8 nitrogen and oxygen atoms in total. The second-order valence-electron chi connectivity index (χ2n) is 3.91. The van der Waals surface area contributed by atoms with Crippen molar-refractivity contribution in [2.24, 2.45) is 0 Å². The van der Waals surface area contributed by atoms with Crippen LogP contribution in [-0.4, -0.2) is 53.6 Å². The van der Waals surface area contributed by atoms with Gasteiger partial charge < -0.3 is 20.5 Å². The van der Waals surface area contributed by atoms with Gasteiger partial charge in [-0.05, 0) is 0 Å². The molecule has 1 fully saturated rings. The Hall–Kier alpha value is -1.67. The highest BCUT2D eigenvalue weighted by Crippen LogP contribution is 2.21. The van der Waals surface area contributed by atoms with Crippen LogP contribution in [0.3, 0.4) is 0 Å². The Morgan fingerprint density at radius 2 is 2.59 bits per heavy atom. The van der Waals surface area contributed by atoms with Gasteiger partial charge in [-0.2, -0.15) is 4.98 Å². The van der Waals surface area contributed by atoms with Crippen molar-refractivity contribution in [2.75, 3.05) is 32.6 Å². The highest BCUT2D eigenvalue weighted by atomic mass is 16.5. The largest absolute Gasteiger partial charge is 0.378 e. The number of H-pyrrole nitrogens is 1. The van der Waals surface area contributed by atoms with Gasteiger partial charge in [0, 0.05) is 26.7 Å². The number of nitrogens with zero attached hydrogens (tertiary/aromatic N) is 2. The number of methoxy groups -OCH3 is 1. The van der Waals surface area contributed by atoms with E-state index in [0.29, 0.717) is 19.8 Å². The van der Waals surface area contributed by atoms with E-state index in [1.54, 1.807) is 7.11 Å². The molecule has 0 bridgehead atoms. The standard InChI is InChI=1S/C9H15N5O3/c1-16-9(2-3-17-5-9)4-11-7(15)6-12-8(10)14-13-6/h2-5H2,1H3,(H,11,15)(H3,10,12,13,14). The van der Waals surface area contributed by atoms with E-state index >= 15 is 0 Å². The number of nitrogens with one attached hydrogen (secondary N) is 2. The summed E-state index contributed by atoms with van der Waals surface area (Å²) < 4.78 is 10.6. The SMILES string of the molecule is COC1(CNC(=O)c2nc(N)n[nH]2)CCOC1. The molecule has 2 rings (SSSR count). The summed E-state index contributed by atoms with van der Waals surface area (Å²) in [5, 5.41) is 8.73. The van der Waals surface area contributed by atoms with E-state index in [0.717, 1.165) is 6.42 Å². The van der Waals surface area contributed by atoms with E-state index in [1.165, 1.54) is 0 Å². The van der Waals surface area contributed by atoms with Gasteiger partial charge in [-0.25, -0.2) is 0 Å². The second-order valence-corrected chi connectivity index (χ2v) is 3.91. The lowest BCUT2D eigenvalue weighted by molar-refractivity contribution is -0.0149. The van der Waals surface area contributed by atoms with Crippen molar-refractivity contribution in [3.8, 4) is 0 Å². The number of ether oxygens (including phenoxy) is 2. The average Bonchev–Trinajstić information content (AvgIpc) is 2.95. The number of nitrogen functional groups attached to an aromatic ring is 1. The Morgan fingerprint density at radius 3 is 3.12 bits per heavy atom. The molecule has 0 aromatic carbocycles. The van der Waals surface area contributed by atoms with Crippen LogP contribution in [0.5, 0.6) is 0 Å². The predicted octanol–water partition coefficient (Wildman–Crippen LogP) is -1.08. The first-order valence-corrected chi connectivity index (χ1v) is 5.24. The molecule has 0 aliphatic carbocycles. The van der Waals surface area contributed by atoms with E-state index in [-0.39, 0.29) is 17.7 Å². The van der Waals surface area contributed by atoms with Crippen molar-refractivity contribution in [1.29, 1.82) is 0 Å². The van der Waals surface area contributed by atoms with Crippen molar-refractivity contribution in [1.82, 2.24) is 20.5 Å². The number of hydrogen-bond acceptors (Lipinski definition) is 6. The molecule has 0 spiro atoms. The zero-order valence-electron chi connectivity index (χ0n) is 9.52. The summed E-state index contributed by atoms with van der Waals surface area (Å²) in [7, 11) is 1.60. The number of carbonyl (C=O) groups excluding carboxylic acids is 1. The van der Waals surface area contributed by atoms with Crippen molar-refractivity contribution >= 4 is 11.9 Å². The van der Waals surface area contributed by atoms with Crippen molar-refractivity contribution < 1.29 is 14.3 Å². The van der Waals surface area contributed by atoms with Gasteiger partial charge in [-0.15, -0.1) is 5.10 Å². The van der Waals surface area contributed by atoms with Crippen molar-refractivity contribution in [3.05, 3.63) is 5.82 Å². The van der Waals surface area contributed by atoms with Crippen LogP contribution in [0.2, 0.25) is 0 Å².